The van der Waals surface area contributed by atoms with E-state index >= 15 is 0 Å². The fourth-order valence-corrected chi connectivity index (χ4v) is 1.27. The highest BCUT2D eigenvalue weighted by Gasteiger charge is 2.24. The summed E-state index contributed by atoms with van der Waals surface area (Å²) in [5.41, 5.74) is 0. The van der Waals surface area contributed by atoms with E-state index < -0.39 is 0 Å². The second-order valence-electron chi connectivity index (χ2n) is 2.81. The molecule has 0 unspecified atom stereocenters. The summed E-state index contributed by atoms with van der Waals surface area (Å²) in [6, 6.07) is 0.00810. The van der Waals surface area contributed by atoms with Crippen LogP contribution >= 0.6 is 0 Å². The predicted molar refractivity (Wildman–Crippen MR) is 43.4 cm³/mol. The molecule has 1 aliphatic heterocycles. The fraction of sp³-hybridized carbons (Fsp3) is 0.857. The Kier molecular flexibility index (Phi) is 2.84. The molecule has 1 aliphatic rings. The van der Waals surface area contributed by atoms with E-state index in [1.807, 2.05) is 7.05 Å². The van der Waals surface area contributed by atoms with Crippen molar-refractivity contribution < 1.29 is 4.79 Å². The van der Waals surface area contributed by atoms with Crippen LogP contribution in [0.3, 0.4) is 0 Å². The van der Waals surface area contributed by atoms with Crippen LogP contribution in [0.5, 0.6) is 0 Å². The third-order valence-electron chi connectivity index (χ3n) is 2.06. The Labute approximate surface area is 66.9 Å². The van der Waals surface area contributed by atoms with Gasteiger partial charge in [-0.1, -0.05) is 0 Å². The molecule has 4 heteroatoms. The molecular weight excluding hydrogens is 142 g/mol. The molecule has 1 amide bonds. The van der Waals surface area contributed by atoms with E-state index in [1.54, 1.807) is 7.05 Å². The van der Waals surface area contributed by atoms with Gasteiger partial charge in [0.15, 0.2) is 0 Å². The smallest absolute Gasteiger partial charge is 0.238 e. The highest BCUT2D eigenvalue weighted by molar-refractivity contribution is 5.81. The van der Waals surface area contributed by atoms with Crippen molar-refractivity contribution in [2.75, 3.05) is 33.7 Å². The maximum atomic E-state index is 11.2. The molecule has 0 spiro atoms. The van der Waals surface area contributed by atoms with E-state index in [2.05, 4.69) is 15.5 Å². The Morgan fingerprint density at radius 3 is 3.00 bits per heavy atom. The van der Waals surface area contributed by atoms with Gasteiger partial charge in [0.25, 0.3) is 0 Å². The standard InChI is InChI=1S/C7H15N3O/c1-8-7(11)6-5-9-3-4-10(6)2/h6,9H,3-5H2,1-2H3,(H,8,11)/t6-/m1/s1. The van der Waals surface area contributed by atoms with E-state index in [9.17, 15) is 4.79 Å². The van der Waals surface area contributed by atoms with Gasteiger partial charge >= 0.3 is 0 Å². The Morgan fingerprint density at radius 1 is 1.73 bits per heavy atom. The first-order chi connectivity index (χ1) is 5.25. The number of piperazine rings is 1. The van der Waals surface area contributed by atoms with Crippen LogP contribution in [0.2, 0.25) is 0 Å². The van der Waals surface area contributed by atoms with Crippen LogP contribution in [0.4, 0.5) is 0 Å². The largest absolute Gasteiger partial charge is 0.358 e. The number of carbonyl (C=O) groups excluding carboxylic acids is 1. The van der Waals surface area contributed by atoms with Gasteiger partial charge in [0.1, 0.15) is 6.04 Å². The van der Waals surface area contributed by atoms with E-state index in [-0.39, 0.29) is 11.9 Å². The summed E-state index contributed by atoms with van der Waals surface area (Å²) < 4.78 is 0. The first-order valence-corrected chi connectivity index (χ1v) is 3.88. The Bertz CT molecular complexity index is 149. The second-order valence-corrected chi connectivity index (χ2v) is 2.81. The van der Waals surface area contributed by atoms with Crippen molar-refractivity contribution >= 4 is 5.91 Å². The molecule has 2 N–H and O–H groups in total. The van der Waals surface area contributed by atoms with Crippen LogP contribution in [0, 0.1) is 0 Å². The highest BCUT2D eigenvalue weighted by Crippen LogP contribution is 1.98. The van der Waals surface area contributed by atoms with Crippen molar-refractivity contribution in [3.8, 4) is 0 Å². The number of rotatable bonds is 1. The van der Waals surface area contributed by atoms with Crippen molar-refractivity contribution in [2.45, 2.75) is 6.04 Å². The summed E-state index contributed by atoms with van der Waals surface area (Å²) in [5.74, 6) is 0.0969. The van der Waals surface area contributed by atoms with Crippen molar-refractivity contribution in [3.63, 3.8) is 0 Å². The zero-order valence-electron chi connectivity index (χ0n) is 7.05. The molecule has 0 aromatic heterocycles. The second kappa shape index (κ2) is 3.69. The molecule has 4 nitrogen and oxygen atoms in total. The molecule has 64 valence electrons. The molecule has 1 saturated heterocycles. The molecule has 0 aliphatic carbocycles. The van der Waals surface area contributed by atoms with Crippen LogP contribution in [0.1, 0.15) is 0 Å². The summed E-state index contributed by atoms with van der Waals surface area (Å²) in [6.07, 6.45) is 0. The van der Waals surface area contributed by atoms with Crippen LogP contribution in [-0.4, -0.2) is 50.6 Å². The summed E-state index contributed by atoms with van der Waals surface area (Å²) >= 11 is 0. The minimum absolute atomic E-state index is 0.00810. The van der Waals surface area contributed by atoms with Crippen molar-refractivity contribution in [2.24, 2.45) is 0 Å². The normalized spacial score (nSPS) is 26.5. The van der Waals surface area contributed by atoms with Crippen LogP contribution in [-0.2, 0) is 4.79 Å². The van der Waals surface area contributed by atoms with Crippen molar-refractivity contribution in [3.05, 3.63) is 0 Å². The number of likely N-dealkylation sites (N-methyl/N-ethyl adjacent to an activating group) is 2. The quantitative estimate of drug-likeness (QED) is 0.494. The van der Waals surface area contributed by atoms with Crippen molar-refractivity contribution in [1.82, 2.24) is 15.5 Å². The fourth-order valence-electron chi connectivity index (χ4n) is 1.27. The molecule has 1 rings (SSSR count). The lowest BCUT2D eigenvalue weighted by atomic mass is 10.2. The highest BCUT2D eigenvalue weighted by atomic mass is 16.2. The van der Waals surface area contributed by atoms with Gasteiger partial charge in [0.05, 0.1) is 0 Å². The number of hydrogen-bond donors (Lipinski definition) is 2. The number of amides is 1. The lowest BCUT2D eigenvalue weighted by Crippen LogP contribution is -2.55. The zero-order chi connectivity index (χ0) is 8.27. The zero-order valence-corrected chi connectivity index (χ0v) is 7.05. The predicted octanol–water partition coefficient (Wildman–Crippen LogP) is -1.36. The topological polar surface area (TPSA) is 44.4 Å². The minimum atomic E-state index is 0.00810. The lowest BCUT2D eigenvalue weighted by Gasteiger charge is -2.31. The third-order valence-corrected chi connectivity index (χ3v) is 2.06. The average molecular weight is 157 g/mol. The summed E-state index contributed by atoms with van der Waals surface area (Å²) in [4.78, 5) is 13.2. The molecule has 1 heterocycles. The molecule has 0 radical (unpaired) electrons. The van der Waals surface area contributed by atoms with Crippen LogP contribution in [0.15, 0.2) is 0 Å². The Hall–Kier alpha value is -0.610. The van der Waals surface area contributed by atoms with Gasteiger partial charge in [-0.2, -0.15) is 0 Å². The number of hydrogen-bond acceptors (Lipinski definition) is 3. The number of nitrogens with zero attached hydrogens (tertiary/aromatic N) is 1. The molecule has 1 fully saturated rings. The Morgan fingerprint density at radius 2 is 2.45 bits per heavy atom. The van der Waals surface area contributed by atoms with Gasteiger partial charge in [0, 0.05) is 26.7 Å². The van der Waals surface area contributed by atoms with Gasteiger partial charge in [-0.05, 0) is 7.05 Å². The lowest BCUT2D eigenvalue weighted by molar-refractivity contribution is -0.125. The maximum absolute atomic E-state index is 11.2. The van der Waals surface area contributed by atoms with Gasteiger partial charge in [-0.25, -0.2) is 0 Å². The molecular formula is C7H15N3O. The van der Waals surface area contributed by atoms with Crippen molar-refractivity contribution in [1.29, 1.82) is 0 Å². The first-order valence-electron chi connectivity index (χ1n) is 3.88. The number of carbonyl (C=O) groups is 1. The SMILES string of the molecule is CNC(=O)[C@H]1CNCCN1C. The van der Waals surface area contributed by atoms with Crippen LogP contribution < -0.4 is 10.6 Å². The van der Waals surface area contributed by atoms with Gasteiger partial charge in [0.2, 0.25) is 5.91 Å². The van der Waals surface area contributed by atoms with E-state index in [4.69, 9.17) is 0 Å². The summed E-state index contributed by atoms with van der Waals surface area (Å²) in [7, 11) is 3.64. The maximum Gasteiger partial charge on any atom is 0.238 e. The molecule has 0 bridgehead atoms. The monoisotopic (exact) mass is 157 g/mol. The van der Waals surface area contributed by atoms with Gasteiger partial charge in [-0.3, -0.25) is 9.69 Å². The summed E-state index contributed by atoms with van der Waals surface area (Å²) in [6.45, 7) is 2.68. The summed E-state index contributed by atoms with van der Waals surface area (Å²) in [5, 5.41) is 5.82. The van der Waals surface area contributed by atoms with Gasteiger partial charge in [-0.15, -0.1) is 0 Å². The molecule has 0 saturated carbocycles. The van der Waals surface area contributed by atoms with Gasteiger partial charge < -0.3 is 10.6 Å². The average Bonchev–Trinajstić information content (AvgIpc) is 2.04. The van der Waals surface area contributed by atoms with Crippen LogP contribution in [0.25, 0.3) is 0 Å². The number of nitrogens with one attached hydrogen (secondary N) is 2. The van der Waals surface area contributed by atoms with E-state index in [0.717, 1.165) is 19.6 Å². The minimum Gasteiger partial charge on any atom is -0.358 e. The van der Waals surface area contributed by atoms with E-state index in [1.165, 1.54) is 0 Å². The first kappa shape index (κ1) is 8.49. The Balaban J connectivity index is 2.47. The third kappa shape index (κ3) is 1.91. The molecule has 0 aromatic carbocycles. The molecule has 11 heavy (non-hydrogen) atoms. The van der Waals surface area contributed by atoms with E-state index in [0.29, 0.717) is 0 Å². The molecule has 1 atom stereocenters. The molecule has 0 aromatic rings.